The van der Waals surface area contributed by atoms with Crippen LogP contribution in [0.5, 0.6) is 0 Å². The third-order valence-corrected chi connectivity index (χ3v) is 3.77. The highest BCUT2D eigenvalue weighted by Gasteiger charge is 2.30. The SMILES string of the molecule is CCOC(OCC)C(Cl)C(CCc1ccccc1)OC(C)C. The van der Waals surface area contributed by atoms with Gasteiger partial charge in [0.25, 0.3) is 0 Å². The molecule has 0 heterocycles. The fourth-order valence-electron chi connectivity index (χ4n) is 2.34. The molecule has 0 radical (unpaired) electrons. The van der Waals surface area contributed by atoms with Gasteiger partial charge >= 0.3 is 0 Å². The average molecular weight is 329 g/mol. The van der Waals surface area contributed by atoms with Crippen molar-refractivity contribution in [2.75, 3.05) is 13.2 Å². The van der Waals surface area contributed by atoms with Crippen LogP contribution in [-0.2, 0) is 20.6 Å². The molecule has 0 aliphatic carbocycles. The minimum Gasteiger partial charge on any atom is -0.374 e. The zero-order valence-corrected chi connectivity index (χ0v) is 14.9. The fraction of sp³-hybridized carbons (Fsp3) is 0.667. The third kappa shape index (κ3) is 7.10. The van der Waals surface area contributed by atoms with Gasteiger partial charge in [0.15, 0.2) is 6.29 Å². The molecule has 0 N–H and O–H groups in total. The molecule has 4 heteroatoms. The van der Waals surface area contributed by atoms with Crippen molar-refractivity contribution in [2.24, 2.45) is 0 Å². The minimum atomic E-state index is -0.434. The lowest BCUT2D eigenvalue weighted by Gasteiger charge is -2.30. The number of alkyl halides is 1. The first kappa shape index (κ1) is 19.4. The summed E-state index contributed by atoms with van der Waals surface area (Å²) in [4.78, 5) is 0. The molecule has 2 unspecified atom stereocenters. The first-order chi connectivity index (χ1) is 10.6. The van der Waals surface area contributed by atoms with Crippen molar-refractivity contribution in [1.82, 2.24) is 0 Å². The second-order valence-corrected chi connectivity index (χ2v) is 5.98. The lowest BCUT2D eigenvalue weighted by molar-refractivity contribution is -0.158. The third-order valence-electron chi connectivity index (χ3n) is 3.28. The van der Waals surface area contributed by atoms with E-state index in [9.17, 15) is 0 Å². The van der Waals surface area contributed by atoms with Crippen LogP contribution in [0.4, 0.5) is 0 Å². The van der Waals surface area contributed by atoms with E-state index in [4.69, 9.17) is 25.8 Å². The number of halogens is 1. The first-order valence-electron chi connectivity index (χ1n) is 8.15. The smallest absolute Gasteiger partial charge is 0.176 e. The molecule has 0 spiro atoms. The zero-order chi connectivity index (χ0) is 16.4. The molecular weight excluding hydrogens is 300 g/mol. The molecule has 0 saturated carbocycles. The molecule has 22 heavy (non-hydrogen) atoms. The predicted octanol–water partition coefficient (Wildman–Crippen LogP) is 4.42. The van der Waals surface area contributed by atoms with Crippen LogP contribution in [-0.4, -0.2) is 37.1 Å². The van der Waals surface area contributed by atoms with Crippen LogP contribution < -0.4 is 0 Å². The monoisotopic (exact) mass is 328 g/mol. The van der Waals surface area contributed by atoms with Gasteiger partial charge in [0.2, 0.25) is 0 Å². The lowest BCUT2D eigenvalue weighted by atomic mass is 10.0. The van der Waals surface area contributed by atoms with E-state index < -0.39 is 6.29 Å². The van der Waals surface area contributed by atoms with Gasteiger partial charge in [-0.1, -0.05) is 30.3 Å². The second-order valence-electron chi connectivity index (χ2n) is 5.47. The molecule has 0 fully saturated rings. The molecule has 126 valence electrons. The molecule has 0 amide bonds. The van der Waals surface area contributed by atoms with Crippen molar-refractivity contribution in [3.63, 3.8) is 0 Å². The van der Waals surface area contributed by atoms with E-state index in [1.165, 1.54) is 5.56 Å². The van der Waals surface area contributed by atoms with Crippen LogP contribution in [0.1, 0.15) is 39.7 Å². The summed E-state index contributed by atoms with van der Waals surface area (Å²) >= 11 is 6.61. The van der Waals surface area contributed by atoms with Crippen molar-refractivity contribution < 1.29 is 14.2 Å². The van der Waals surface area contributed by atoms with Gasteiger partial charge in [0.1, 0.15) is 5.38 Å². The maximum Gasteiger partial charge on any atom is 0.176 e. The normalized spacial score (nSPS) is 14.5. The highest BCUT2D eigenvalue weighted by Crippen LogP contribution is 2.22. The van der Waals surface area contributed by atoms with Gasteiger partial charge in [0.05, 0.1) is 12.2 Å². The summed E-state index contributed by atoms with van der Waals surface area (Å²) in [6, 6.07) is 10.4. The largest absolute Gasteiger partial charge is 0.374 e. The molecule has 0 aliphatic heterocycles. The minimum absolute atomic E-state index is 0.107. The average Bonchev–Trinajstić information content (AvgIpc) is 2.51. The standard InChI is InChI=1S/C18H29ClO3/c1-5-20-18(21-6-2)17(19)16(22-14(3)4)13-12-15-10-8-7-9-11-15/h7-11,14,16-18H,5-6,12-13H2,1-4H3. The van der Waals surface area contributed by atoms with Crippen LogP contribution in [0.25, 0.3) is 0 Å². The number of ether oxygens (including phenoxy) is 3. The van der Waals surface area contributed by atoms with Crippen molar-refractivity contribution >= 4 is 11.6 Å². The first-order valence-corrected chi connectivity index (χ1v) is 8.58. The maximum absolute atomic E-state index is 6.61. The van der Waals surface area contributed by atoms with Crippen molar-refractivity contribution in [3.05, 3.63) is 35.9 Å². The van der Waals surface area contributed by atoms with Crippen LogP contribution in [0.2, 0.25) is 0 Å². The molecular formula is C18H29ClO3. The van der Waals surface area contributed by atoms with Crippen LogP contribution in [0.15, 0.2) is 30.3 Å². The Morgan fingerprint density at radius 1 is 1.00 bits per heavy atom. The summed E-state index contributed by atoms with van der Waals surface area (Å²) in [6.07, 6.45) is 1.34. The van der Waals surface area contributed by atoms with Gasteiger partial charge in [0, 0.05) is 13.2 Å². The topological polar surface area (TPSA) is 27.7 Å². The Morgan fingerprint density at radius 3 is 2.09 bits per heavy atom. The van der Waals surface area contributed by atoms with Gasteiger partial charge in [-0.2, -0.15) is 0 Å². The Morgan fingerprint density at radius 2 is 1.59 bits per heavy atom. The quantitative estimate of drug-likeness (QED) is 0.444. The Balaban J connectivity index is 2.68. The molecule has 3 nitrogen and oxygen atoms in total. The summed E-state index contributed by atoms with van der Waals surface area (Å²) in [5.74, 6) is 0. The van der Waals surface area contributed by atoms with E-state index >= 15 is 0 Å². The maximum atomic E-state index is 6.61. The van der Waals surface area contributed by atoms with Gasteiger partial charge in [-0.3, -0.25) is 0 Å². The Hall–Kier alpha value is -0.610. The molecule has 0 saturated heterocycles. The zero-order valence-electron chi connectivity index (χ0n) is 14.1. The van der Waals surface area contributed by atoms with E-state index in [2.05, 4.69) is 24.3 Å². The number of hydrogen-bond acceptors (Lipinski definition) is 3. The molecule has 1 rings (SSSR count). The van der Waals surface area contributed by atoms with E-state index in [1.807, 2.05) is 33.8 Å². The fourth-order valence-corrected chi connectivity index (χ4v) is 2.67. The number of hydrogen-bond donors (Lipinski definition) is 0. The van der Waals surface area contributed by atoms with Crippen LogP contribution >= 0.6 is 11.6 Å². The molecule has 2 atom stereocenters. The van der Waals surface area contributed by atoms with E-state index in [0.717, 1.165) is 12.8 Å². The number of aryl methyl sites for hydroxylation is 1. The van der Waals surface area contributed by atoms with Gasteiger partial charge in [-0.25, -0.2) is 0 Å². The highest BCUT2D eigenvalue weighted by atomic mass is 35.5. The van der Waals surface area contributed by atoms with Gasteiger partial charge < -0.3 is 14.2 Å². The van der Waals surface area contributed by atoms with Crippen molar-refractivity contribution in [3.8, 4) is 0 Å². The van der Waals surface area contributed by atoms with Gasteiger partial charge in [-0.15, -0.1) is 11.6 Å². The van der Waals surface area contributed by atoms with Crippen molar-refractivity contribution in [2.45, 2.75) is 64.4 Å². The highest BCUT2D eigenvalue weighted by molar-refractivity contribution is 6.21. The molecule has 1 aromatic rings. The number of rotatable bonds is 11. The summed E-state index contributed by atoms with van der Waals surface area (Å²) in [5.41, 5.74) is 1.29. The van der Waals surface area contributed by atoms with Crippen molar-refractivity contribution in [1.29, 1.82) is 0 Å². The predicted molar refractivity (Wildman–Crippen MR) is 91.5 cm³/mol. The summed E-state index contributed by atoms with van der Waals surface area (Å²) < 4.78 is 17.3. The Labute approximate surface area is 139 Å². The Bertz CT molecular complexity index is 377. The lowest BCUT2D eigenvalue weighted by Crippen LogP contribution is -2.40. The van der Waals surface area contributed by atoms with Crippen LogP contribution in [0.3, 0.4) is 0 Å². The summed E-state index contributed by atoms with van der Waals surface area (Å²) in [7, 11) is 0. The number of benzene rings is 1. The summed E-state index contributed by atoms with van der Waals surface area (Å²) in [5, 5.41) is -0.328. The Kier molecular flexibility index (Phi) is 9.73. The van der Waals surface area contributed by atoms with Crippen LogP contribution in [0, 0.1) is 0 Å². The molecule has 0 aliphatic rings. The second kappa shape index (κ2) is 11.0. The van der Waals surface area contributed by atoms with E-state index in [1.54, 1.807) is 0 Å². The van der Waals surface area contributed by atoms with Gasteiger partial charge in [-0.05, 0) is 46.1 Å². The molecule has 1 aromatic carbocycles. The van der Waals surface area contributed by atoms with E-state index in [0.29, 0.717) is 13.2 Å². The molecule has 0 aromatic heterocycles. The summed E-state index contributed by atoms with van der Waals surface area (Å²) in [6.45, 7) is 9.07. The van der Waals surface area contributed by atoms with E-state index in [-0.39, 0.29) is 17.6 Å². The molecule has 0 bridgehead atoms.